The van der Waals surface area contributed by atoms with Crippen LogP contribution in [0.15, 0.2) is 11.6 Å². The topological polar surface area (TPSA) is 38.8 Å². The summed E-state index contributed by atoms with van der Waals surface area (Å²) in [5.74, 6) is -0.119. The van der Waals surface area contributed by atoms with Gasteiger partial charge in [0.1, 0.15) is 0 Å². The summed E-state index contributed by atoms with van der Waals surface area (Å²) in [6, 6.07) is 0. The Kier molecular flexibility index (Phi) is 5.81. The van der Waals surface area contributed by atoms with Crippen molar-refractivity contribution in [2.45, 2.75) is 78.9 Å². The molecular formula is C17H30O3. The van der Waals surface area contributed by atoms with Gasteiger partial charge in [-0.2, -0.15) is 0 Å². The molecule has 3 nitrogen and oxygen atoms in total. The highest BCUT2D eigenvalue weighted by Gasteiger charge is 2.46. The Bertz CT molecular complexity index is 361. The minimum absolute atomic E-state index is 0.0986. The van der Waals surface area contributed by atoms with Crippen LogP contribution < -0.4 is 0 Å². The normalized spacial score (nSPS) is 21.7. The third-order valence-corrected chi connectivity index (χ3v) is 3.65. The van der Waals surface area contributed by atoms with E-state index in [9.17, 15) is 4.79 Å². The smallest absolute Gasteiger partial charge is 0.311 e. The molecular weight excluding hydrogens is 252 g/mol. The maximum absolute atomic E-state index is 11.6. The third kappa shape index (κ3) is 6.08. The maximum atomic E-state index is 11.6. The first-order valence-corrected chi connectivity index (χ1v) is 7.63. The zero-order chi connectivity index (χ0) is 15.4. The molecule has 1 aliphatic rings. The number of hydrogen-bond acceptors (Lipinski definition) is 3. The first kappa shape index (κ1) is 17.2. The molecule has 1 rings (SSSR count). The molecule has 0 aliphatic carbocycles. The van der Waals surface area contributed by atoms with E-state index in [1.54, 1.807) is 0 Å². The van der Waals surface area contributed by atoms with Gasteiger partial charge in [0.2, 0.25) is 0 Å². The summed E-state index contributed by atoms with van der Waals surface area (Å²) in [5.41, 5.74) is 1.10. The molecule has 3 heteroatoms. The molecule has 116 valence electrons. The minimum atomic E-state index is -0.400. The Balaban J connectivity index is 2.07. The van der Waals surface area contributed by atoms with Crippen molar-refractivity contribution in [2.24, 2.45) is 5.41 Å². The lowest BCUT2D eigenvalue weighted by Crippen LogP contribution is -2.23. The SMILES string of the molecule is CC(=CCCCOC(=O)C(C)(C)C)CCC1OC1(C)C. The largest absolute Gasteiger partial charge is 0.465 e. The number of esters is 1. The lowest BCUT2D eigenvalue weighted by atomic mass is 9.97. The van der Waals surface area contributed by atoms with Gasteiger partial charge in [0.25, 0.3) is 0 Å². The lowest BCUT2D eigenvalue weighted by molar-refractivity contribution is -0.153. The summed E-state index contributed by atoms with van der Waals surface area (Å²) >= 11 is 0. The summed E-state index contributed by atoms with van der Waals surface area (Å²) < 4.78 is 10.8. The van der Waals surface area contributed by atoms with Crippen LogP contribution in [0.25, 0.3) is 0 Å². The number of hydrogen-bond donors (Lipinski definition) is 0. The van der Waals surface area contributed by atoms with Crippen molar-refractivity contribution >= 4 is 5.97 Å². The molecule has 0 aromatic carbocycles. The zero-order valence-electron chi connectivity index (χ0n) is 13.9. The van der Waals surface area contributed by atoms with Gasteiger partial charge in [-0.25, -0.2) is 0 Å². The molecule has 1 atom stereocenters. The van der Waals surface area contributed by atoms with Crippen LogP contribution >= 0.6 is 0 Å². The van der Waals surface area contributed by atoms with E-state index in [2.05, 4.69) is 26.8 Å². The third-order valence-electron chi connectivity index (χ3n) is 3.65. The van der Waals surface area contributed by atoms with Crippen LogP contribution in [0, 0.1) is 5.41 Å². The number of carbonyl (C=O) groups excluding carboxylic acids is 1. The van der Waals surface area contributed by atoms with Gasteiger partial charge in [0.05, 0.1) is 23.7 Å². The maximum Gasteiger partial charge on any atom is 0.311 e. The van der Waals surface area contributed by atoms with E-state index in [1.807, 2.05) is 20.8 Å². The number of epoxide rings is 1. The Morgan fingerprint density at radius 1 is 1.35 bits per heavy atom. The molecule has 0 aromatic heterocycles. The van der Waals surface area contributed by atoms with Gasteiger partial charge in [-0.15, -0.1) is 0 Å². The molecule has 0 amide bonds. The van der Waals surface area contributed by atoms with Crippen LogP contribution in [0.1, 0.15) is 67.2 Å². The molecule has 1 saturated heterocycles. The second kappa shape index (κ2) is 6.75. The summed E-state index contributed by atoms with van der Waals surface area (Å²) in [6.45, 7) is 12.6. The van der Waals surface area contributed by atoms with E-state index < -0.39 is 5.41 Å². The summed E-state index contributed by atoms with van der Waals surface area (Å²) in [6.07, 6.45) is 6.74. The molecule has 20 heavy (non-hydrogen) atoms. The highest BCUT2D eigenvalue weighted by Crippen LogP contribution is 2.38. The van der Waals surface area contributed by atoms with Gasteiger partial charge in [0.15, 0.2) is 0 Å². The van der Waals surface area contributed by atoms with Gasteiger partial charge in [-0.05, 0) is 67.2 Å². The predicted molar refractivity (Wildman–Crippen MR) is 81.6 cm³/mol. The van der Waals surface area contributed by atoms with E-state index in [-0.39, 0.29) is 11.6 Å². The van der Waals surface area contributed by atoms with Crippen LogP contribution in [0.3, 0.4) is 0 Å². The molecule has 1 fully saturated rings. The molecule has 0 radical (unpaired) electrons. The van der Waals surface area contributed by atoms with Crippen LogP contribution in [0.4, 0.5) is 0 Å². The van der Waals surface area contributed by atoms with Gasteiger partial charge in [0, 0.05) is 0 Å². The first-order chi connectivity index (χ1) is 9.13. The van der Waals surface area contributed by atoms with Crippen molar-refractivity contribution in [2.75, 3.05) is 6.61 Å². The molecule has 1 aliphatic heterocycles. The fourth-order valence-electron chi connectivity index (χ4n) is 2.01. The Hall–Kier alpha value is -0.830. The number of unbranched alkanes of at least 4 members (excludes halogenated alkanes) is 1. The second-order valence-corrected chi connectivity index (χ2v) is 7.33. The Labute approximate surface area is 123 Å². The van der Waals surface area contributed by atoms with Crippen LogP contribution in [-0.4, -0.2) is 24.3 Å². The van der Waals surface area contributed by atoms with Gasteiger partial charge in [-0.3, -0.25) is 4.79 Å². The summed E-state index contributed by atoms with van der Waals surface area (Å²) in [5, 5.41) is 0. The standard InChI is InChI=1S/C17H30O3/c1-13(10-11-14-17(5,6)20-14)9-7-8-12-19-15(18)16(2,3)4/h9,14H,7-8,10-12H2,1-6H3. The molecule has 1 heterocycles. The first-order valence-electron chi connectivity index (χ1n) is 7.63. The molecule has 0 spiro atoms. The van der Waals surface area contributed by atoms with E-state index in [0.717, 1.165) is 25.7 Å². The Morgan fingerprint density at radius 2 is 1.95 bits per heavy atom. The van der Waals surface area contributed by atoms with Crippen LogP contribution in [0.2, 0.25) is 0 Å². The average molecular weight is 282 g/mol. The van der Waals surface area contributed by atoms with E-state index in [0.29, 0.717) is 12.7 Å². The highest BCUT2D eigenvalue weighted by molar-refractivity contribution is 5.75. The number of allylic oxidation sites excluding steroid dienone is 2. The average Bonchev–Trinajstić information content (AvgIpc) is 2.92. The van der Waals surface area contributed by atoms with Crippen molar-refractivity contribution in [1.82, 2.24) is 0 Å². The predicted octanol–water partition coefficient (Wildman–Crippen LogP) is 4.26. The molecule has 1 unspecified atom stereocenters. The highest BCUT2D eigenvalue weighted by atomic mass is 16.6. The quantitative estimate of drug-likeness (QED) is 0.303. The van der Waals surface area contributed by atoms with Crippen LogP contribution in [0.5, 0.6) is 0 Å². The summed E-state index contributed by atoms with van der Waals surface area (Å²) in [7, 11) is 0. The zero-order valence-corrected chi connectivity index (χ0v) is 13.9. The number of carbonyl (C=O) groups is 1. The van der Waals surface area contributed by atoms with Gasteiger partial charge < -0.3 is 9.47 Å². The van der Waals surface area contributed by atoms with Crippen molar-refractivity contribution in [3.8, 4) is 0 Å². The molecule has 0 bridgehead atoms. The van der Waals surface area contributed by atoms with E-state index in [4.69, 9.17) is 9.47 Å². The number of rotatable bonds is 7. The monoisotopic (exact) mass is 282 g/mol. The van der Waals surface area contributed by atoms with Gasteiger partial charge in [-0.1, -0.05) is 11.6 Å². The second-order valence-electron chi connectivity index (χ2n) is 7.33. The lowest BCUT2D eigenvalue weighted by Gasteiger charge is -2.16. The molecule has 0 N–H and O–H groups in total. The molecule has 0 saturated carbocycles. The van der Waals surface area contributed by atoms with E-state index in [1.165, 1.54) is 5.57 Å². The Morgan fingerprint density at radius 3 is 2.45 bits per heavy atom. The van der Waals surface area contributed by atoms with Gasteiger partial charge >= 0.3 is 5.97 Å². The number of ether oxygens (including phenoxy) is 2. The summed E-state index contributed by atoms with van der Waals surface area (Å²) in [4.78, 5) is 11.6. The van der Waals surface area contributed by atoms with E-state index >= 15 is 0 Å². The minimum Gasteiger partial charge on any atom is -0.465 e. The fraction of sp³-hybridized carbons (Fsp3) is 0.824. The molecule has 0 aromatic rings. The van der Waals surface area contributed by atoms with Crippen LogP contribution in [-0.2, 0) is 14.3 Å². The van der Waals surface area contributed by atoms with Crippen molar-refractivity contribution in [3.05, 3.63) is 11.6 Å². The van der Waals surface area contributed by atoms with Crippen molar-refractivity contribution in [1.29, 1.82) is 0 Å². The fourth-order valence-corrected chi connectivity index (χ4v) is 2.01. The van der Waals surface area contributed by atoms with Crippen molar-refractivity contribution < 1.29 is 14.3 Å². The van der Waals surface area contributed by atoms with Crippen molar-refractivity contribution in [3.63, 3.8) is 0 Å².